The number of carbonyl (C=O) groups excluding carboxylic acids is 1. The van der Waals surface area contributed by atoms with Crippen LogP contribution >= 0.6 is 0 Å². The Kier molecular flexibility index (Phi) is 4.15. The van der Waals surface area contributed by atoms with Crippen LogP contribution < -0.4 is 10.2 Å². The minimum Gasteiger partial charge on any atom is -0.324 e. The van der Waals surface area contributed by atoms with Gasteiger partial charge in [-0.1, -0.05) is 25.1 Å². The van der Waals surface area contributed by atoms with Crippen LogP contribution in [-0.2, 0) is 0 Å². The highest BCUT2D eigenvalue weighted by atomic mass is 16.2. The Hall–Kier alpha value is -1.55. The summed E-state index contributed by atoms with van der Waals surface area (Å²) in [6.07, 6.45) is 3.23. The lowest BCUT2D eigenvalue weighted by atomic mass is 9.96. The Balaban J connectivity index is 1.81. The third kappa shape index (κ3) is 2.77. The maximum Gasteiger partial charge on any atom is 0.324 e. The smallest absolute Gasteiger partial charge is 0.324 e. The topological polar surface area (TPSA) is 35.6 Å². The van der Waals surface area contributed by atoms with Crippen molar-refractivity contribution in [2.45, 2.75) is 32.2 Å². The number of anilines is 1. The number of nitrogens with one attached hydrogen (secondary N) is 1. The molecule has 0 bridgehead atoms. The third-order valence-corrected chi connectivity index (χ3v) is 4.88. The minimum atomic E-state index is 0.184. The molecule has 1 aromatic rings. The third-order valence-electron chi connectivity index (χ3n) is 4.88. The minimum absolute atomic E-state index is 0.184. The molecule has 4 heteroatoms. The molecule has 0 spiro atoms. The van der Waals surface area contributed by atoms with Crippen molar-refractivity contribution in [3.8, 4) is 0 Å². The number of benzene rings is 1. The van der Waals surface area contributed by atoms with Gasteiger partial charge in [0.05, 0.1) is 5.69 Å². The van der Waals surface area contributed by atoms with Crippen LogP contribution in [0.1, 0.15) is 37.8 Å². The van der Waals surface area contributed by atoms with E-state index in [-0.39, 0.29) is 6.03 Å². The number of nitrogens with zero attached hydrogens (tertiary/aromatic N) is 2. The van der Waals surface area contributed by atoms with Gasteiger partial charge in [0.1, 0.15) is 0 Å². The maximum atomic E-state index is 12.8. The van der Waals surface area contributed by atoms with Gasteiger partial charge < -0.3 is 10.2 Å². The highest BCUT2D eigenvalue weighted by molar-refractivity contribution is 5.93. The fourth-order valence-corrected chi connectivity index (χ4v) is 3.43. The molecule has 0 aromatic heterocycles. The van der Waals surface area contributed by atoms with E-state index < -0.39 is 0 Å². The highest BCUT2D eigenvalue weighted by Gasteiger charge is 2.31. The molecule has 4 nitrogen and oxygen atoms in total. The Morgan fingerprint density at radius 2 is 1.86 bits per heavy atom. The van der Waals surface area contributed by atoms with Crippen molar-refractivity contribution in [2.24, 2.45) is 5.92 Å². The van der Waals surface area contributed by atoms with Crippen LogP contribution in [-0.4, -0.2) is 37.6 Å². The Morgan fingerprint density at radius 1 is 1.14 bits per heavy atom. The fraction of sp³-hybridized carbons (Fsp3) is 0.588. The lowest BCUT2D eigenvalue weighted by molar-refractivity contribution is 0.179. The number of carbonyl (C=O) groups is 1. The second-order valence-electron chi connectivity index (χ2n) is 6.29. The number of fused-ring (bicyclic) bond motifs is 1. The molecular formula is C17H25N3O. The molecule has 0 aliphatic carbocycles. The first kappa shape index (κ1) is 14.4. The van der Waals surface area contributed by atoms with E-state index in [1.807, 2.05) is 22.9 Å². The zero-order valence-electron chi connectivity index (χ0n) is 13.0. The van der Waals surface area contributed by atoms with Crippen LogP contribution in [0.4, 0.5) is 10.5 Å². The second-order valence-corrected chi connectivity index (χ2v) is 6.29. The lowest BCUT2D eigenvalue weighted by Crippen LogP contribution is -2.49. The van der Waals surface area contributed by atoms with Crippen LogP contribution in [0.2, 0.25) is 0 Å². The van der Waals surface area contributed by atoms with Gasteiger partial charge in [0, 0.05) is 25.7 Å². The van der Waals surface area contributed by atoms with Gasteiger partial charge in [0.2, 0.25) is 0 Å². The maximum absolute atomic E-state index is 12.8. The number of rotatable bonds is 1. The SMILES string of the molecule is CNC1CCN(C(=O)N2CCC(C)CC2)c2ccccc21. The van der Waals surface area contributed by atoms with Gasteiger partial charge in [0.15, 0.2) is 0 Å². The quantitative estimate of drug-likeness (QED) is 0.862. The monoisotopic (exact) mass is 287 g/mol. The molecule has 21 heavy (non-hydrogen) atoms. The summed E-state index contributed by atoms with van der Waals surface area (Å²) in [5.74, 6) is 0.747. The average molecular weight is 287 g/mol. The van der Waals surface area contributed by atoms with Crippen LogP contribution in [0.25, 0.3) is 0 Å². The van der Waals surface area contributed by atoms with Gasteiger partial charge in [-0.05, 0) is 43.9 Å². The molecule has 1 saturated heterocycles. The molecule has 1 aromatic carbocycles. The summed E-state index contributed by atoms with van der Waals surface area (Å²) in [6.45, 7) is 4.87. The molecule has 0 radical (unpaired) electrons. The number of hydrogen-bond acceptors (Lipinski definition) is 2. The van der Waals surface area contributed by atoms with E-state index in [9.17, 15) is 4.79 Å². The van der Waals surface area contributed by atoms with Crippen molar-refractivity contribution >= 4 is 11.7 Å². The van der Waals surface area contributed by atoms with Crippen molar-refractivity contribution in [1.29, 1.82) is 0 Å². The van der Waals surface area contributed by atoms with Crippen LogP contribution in [0, 0.1) is 5.92 Å². The van der Waals surface area contributed by atoms with Gasteiger partial charge >= 0.3 is 6.03 Å². The zero-order chi connectivity index (χ0) is 14.8. The van der Waals surface area contributed by atoms with Crippen LogP contribution in [0.5, 0.6) is 0 Å². The summed E-state index contributed by atoms with van der Waals surface area (Å²) in [7, 11) is 1.99. The zero-order valence-corrected chi connectivity index (χ0v) is 13.0. The Labute approximate surface area is 127 Å². The standard InChI is InChI=1S/C17H25N3O/c1-13-7-10-19(11-8-13)17(21)20-12-9-15(18-2)14-5-3-4-6-16(14)20/h3-6,13,15,18H,7-12H2,1-2H3. The predicted octanol–water partition coefficient (Wildman–Crippen LogP) is 3.01. The highest BCUT2D eigenvalue weighted by Crippen LogP contribution is 2.34. The summed E-state index contributed by atoms with van der Waals surface area (Å²) in [5, 5.41) is 3.35. The number of piperidine rings is 1. The van der Waals surface area contributed by atoms with Crippen molar-refractivity contribution in [1.82, 2.24) is 10.2 Å². The summed E-state index contributed by atoms with van der Waals surface area (Å²) in [6, 6.07) is 8.82. The number of amides is 2. The first-order chi connectivity index (χ1) is 10.2. The van der Waals surface area contributed by atoms with Crippen LogP contribution in [0.3, 0.4) is 0 Å². The molecule has 114 valence electrons. The van der Waals surface area contributed by atoms with Gasteiger partial charge in [-0.2, -0.15) is 0 Å². The molecule has 1 N–H and O–H groups in total. The number of para-hydroxylation sites is 1. The summed E-state index contributed by atoms with van der Waals surface area (Å²) in [5.41, 5.74) is 2.32. The second kappa shape index (κ2) is 6.06. The van der Waals surface area contributed by atoms with Gasteiger partial charge in [-0.25, -0.2) is 4.79 Å². The first-order valence-corrected chi connectivity index (χ1v) is 8.03. The molecule has 1 unspecified atom stereocenters. The van der Waals surface area contributed by atoms with E-state index in [0.717, 1.165) is 50.5 Å². The molecule has 3 rings (SSSR count). The fourth-order valence-electron chi connectivity index (χ4n) is 3.43. The Morgan fingerprint density at radius 3 is 2.57 bits per heavy atom. The van der Waals surface area contributed by atoms with Crippen LogP contribution in [0.15, 0.2) is 24.3 Å². The molecule has 2 aliphatic heterocycles. The molecule has 1 fully saturated rings. The lowest BCUT2D eigenvalue weighted by Gasteiger charge is -2.39. The number of likely N-dealkylation sites (tertiary alicyclic amines) is 1. The van der Waals surface area contributed by atoms with E-state index in [2.05, 4.69) is 30.4 Å². The van der Waals surface area contributed by atoms with E-state index in [0.29, 0.717) is 6.04 Å². The average Bonchev–Trinajstić information content (AvgIpc) is 2.54. The number of hydrogen-bond donors (Lipinski definition) is 1. The van der Waals surface area contributed by atoms with Gasteiger partial charge in [-0.3, -0.25) is 4.90 Å². The van der Waals surface area contributed by atoms with E-state index in [1.54, 1.807) is 0 Å². The molecule has 2 heterocycles. The summed E-state index contributed by atoms with van der Waals surface area (Å²) >= 11 is 0. The summed E-state index contributed by atoms with van der Waals surface area (Å²) < 4.78 is 0. The molecule has 2 aliphatic rings. The summed E-state index contributed by atoms with van der Waals surface area (Å²) in [4.78, 5) is 16.8. The first-order valence-electron chi connectivity index (χ1n) is 8.03. The molecular weight excluding hydrogens is 262 g/mol. The number of urea groups is 1. The predicted molar refractivity (Wildman–Crippen MR) is 85.6 cm³/mol. The molecule has 1 atom stereocenters. The van der Waals surface area contributed by atoms with Crippen molar-refractivity contribution in [3.63, 3.8) is 0 Å². The largest absolute Gasteiger partial charge is 0.324 e. The van der Waals surface area contributed by atoms with Crippen molar-refractivity contribution < 1.29 is 4.79 Å². The van der Waals surface area contributed by atoms with E-state index >= 15 is 0 Å². The van der Waals surface area contributed by atoms with Gasteiger partial charge in [-0.15, -0.1) is 0 Å². The van der Waals surface area contributed by atoms with E-state index in [4.69, 9.17) is 0 Å². The van der Waals surface area contributed by atoms with Crippen molar-refractivity contribution in [2.75, 3.05) is 31.6 Å². The molecule has 2 amide bonds. The normalized spacial score (nSPS) is 23.0. The van der Waals surface area contributed by atoms with Crippen molar-refractivity contribution in [3.05, 3.63) is 29.8 Å². The Bertz CT molecular complexity index is 509. The van der Waals surface area contributed by atoms with Gasteiger partial charge in [0.25, 0.3) is 0 Å². The van der Waals surface area contributed by atoms with E-state index in [1.165, 1.54) is 5.56 Å². The molecule has 0 saturated carbocycles.